The summed E-state index contributed by atoms with van der Waals surface area (Å²) in [5.74, 6) is 0.723. The van der Waals surface area contributed by atoms with Crippen LogP contribution < -0.4 is 19.9 Å². The number of aromatic nitrogens is 2. The highest BCUT2D eigenvalue weighted by molar-refractivity contribution is 5.89. The number of fused-ring (bicyclic) bond motifs is 1. The van der Waals surface area contributed by atoms with E-state index in [9.17, 15) is 14.4 Å². The monoisotopic (exact) mass is 525 g/mol. The van der Waals surface area contributed by atoms with Gasteiger partial charge in [0, 0.05) is 44.6 Å². The lowest BCUT2D eigenvalue weighted by atomic mass is 9.97. The quantitative estimate of drug-likeness (QED) is 0.409. The number of imidazole rings is 1. The number of piperidine rings is 1. The van der Waals surface area contributed by atoms with E-state index in [1.54, 1.807) is 37.0 Å². The molecule has 0 radical (unpaired) electrons. The molecule has 1 aromatic heterocycles. The van der Waals surface area contributed by atoms with Crippen molar-refractivity contribution in [3.63, 3.8) is 0 Å². The number of hydrogen-bond acceptors (Lipinski definition) is 8. The normalized spacial score (nSPS) is 16.2. The summed E-state index contributed by atoms with van der Waals surface area (Å²) in [6.45, 7) is 6.17. The average Bonchev–Trinajstić information content (AvgIpc) is 3.22. The van der Waals surface area contributed by atoms with Gasteiger partial charge in [-0.1, -0.05) is 12.1 Å². The van der Waals surface area contributed by atoms with Crippen molar-refractivity contribution < 1.29 is 28.5 Å². The molecule has 2 heterocycles. The Hall–Kier alpha value is -3.79. The van der Waals surface area contributed by atoms with Crippen molar-refractivity contribution in [3.8, 4) is 17.2 Å². The van der Waals surface area contributed by atoms with Gasteiger partial charge in [0.05, 0.1) is 32.4 Å². The van der Waals surface area contributed by atoms with Crippen LogP contribution in [0.5, 0.6) is 17.2 Å². The maximum absolute atomic E-state index is 13.2. The van der Waals surface area contributed by atoms with Gasteiger partial charge in [-0.25, -0.2) is 9.36 Å². The minimum absolute atomic E-state index is 0.0511. The summed E-state index contributed by atoms with van der Waals surface area (Å²) in [7, 11) is 4.62. The SMILES string of the molecule is COc1cc([C@@H](OC(C)=O)[C@H](C)N2CCC(n3c(=O)n(C(C)=O)c4ccccc43)CC2)cc(OC)c1OC. The van der Waals surface area contributed by atoms with E-state index in [0.717, 1.165) is 11.1 Å². The molecule has 2 atom stereocenters. The van der Waals surface area contributed by atoms with E-state index in [4.69, 9.17) is 18.9 Å². The summed E-state index contributed by atoms with van der Waals surface area (Å²) in [5, 5.41) is 0. The van der Waals surface area contributed by atoms with Gasteiger partial charge in [-0.15, -0.1) is 0 Å². The zero-order valence-electron chi connectivity index (χ0n) is 22.7. The standard InChI is InChI=1S/C28H35N3O7/c1-17(26(38-19(3)33)20-15-24(35-4)27(37-6)25(16-20)36-5)29-13-11-21(12-14-29)31-23-10-8-7-9-22(23)30(18(2)32)28(31)34/h7-10,15-17,21,26H,11-14H2,1-6H3/t17-,26-/m0/s1. The molecule has 1 aliphatic heterocycles. The van der Waals surface area contributed by atoms with Gasteiger partial charge in [0.15, 0.2) is 11.5 Å². The first kappa shape index (κ1) is 27.3. The summed E-state index contributed by atoms with van der Waals surface area (Å²) in [5.41, 5.74) is 1.80. The molecule has 0 unspecified atom stereocenters. The zero-order valence-corrected chi connectivity index (χ0v) is 22.7. The van der Waals surface area contributed by atoms with E-state index in [2.05, 4.69) is 4.90 Å². The molecule has 0 amide bonds. The lowest BCUT2D eigenvalue weighted by Crippen LogP contribution is -2.45. The van der Waals surface area contributed by atoms with Crippen molar-refractivity contribution in [1.29, 1.82) is 0 Å². The Kier molecular flexibility index (Phi) is 8.11. The molecule has 0 spiro atoms. The van der Waals surface area contributed by atoms with E-state index in [0.29, 0.717) is 48.7 Å². The minimum atomic E-state index is -0.583. The molecule has 4 rings (SSSR count). The molecule has 0 bridgehead atoms. The highest BCUT2D eigenvalue weighted by Crippen LogP contribution is 2.42. The molecule has 10 nitrogen and oxygen atoms in total. The van der Waals surface area contributed by atoms with Crippen LogP contribution >= 0.6 is 0 Å². The molecule has 1 saturated heterocycles. The number of rotatable bonds is 8. The summed E-state index contributed by atoms with van der Waals surface area (Å²) in [6.07, 6.45) is 0.830. The second-order valence-electron chi connectivity index (χ2n) is 9.49. The molecule has 0 saturated carbocycles. The summed E-state index contributed by atoms with van der Waals surface area (Å²) in [4.78, 5) is 39.8. The minimum Gasteiger partial charge on any atom is -0.493 e. The second kappa shape index (κ2) is 11.3. The molecule has 1 fully saturated rings. The maximum atomic E-state index is 13.2. The molecule has 0 N–H and O–H groups in total. The van der Waals surface area contributed by atoms with Crippen LogP contribution in [0, 0.1) is 0 Å². The Labute approximate surface area is 221 Å². The Balaban J connectivity index is 1.60. The number of carbonyl (C=O) groups is 2. The fraction of sp³-hybridized carbons (Fsp3) is 0.464. The first-order chi connectivity index (χ1) is 18.2. The van der Waals surface area contributed by atoms with Gasteiger partial charge in [-0.3, -0.25) is 19.1 Å². The summed E-state index contributed by atoms with van der Waals surface area (Å²) < 4.78 is 25.3. The van der Waals surface area contributed by atoms with Gasteiger partial charge in [0.2, 0.25) is 11.7 Å². The lowest BCUT2D eigenvalue weighted by molar-refractivity contribution is -0.150. The third-order valence-electron chi connectivity index (χ3n) is 7.28. The molecule has 3 aromatic rings. The highest BCUT2D eigenvalue weighted by Gasteiger charge is 2.33. The van der Waals surface area contributed by atoms with E-state index in [1.165, 1.54) is 25.5 Å². The number of likely N-dealkylation sites (tertiary alicyclic amines) is 1. The molecule has 204 valence electrons. The number of methoxy groups -OCH3 is 3. The average molecular weight is 526 g/mol. The van der Waals surface area contributed by atoms with Crippen molar-refractivity contribution in [3.05, 3.63) is 52.4 Å². The largest absolute Gasteiger partial charge is 0.493 e. The summed E-state index contributed by atoms with van der Waals surface area (Å²) in [6, 6.07) is 10.8. The molecule has 1 aliphatic rings. The molecule has 0 aliphatic carbocycles. The smallest absolute Gasteiger partial charge is 0.336 e. The molecular formula is C28H35N3O7. The number of para-hydroxylation sites is 2. The van der Waals surface area contributed by atoms with Crippen LogP contribution in [0.15, 0.2) is 41.2 Å². The van der Waals surface area contributed by atoms with Gasteiger partial charge >= 0.3 is 11.7 Å². The van der Waals surface area contributed by atoms with Gasteiger partial charge in [0.25, 0.3) is 0 Å². The predicted molar refractivity (Wildman–Crippen MR) is 142 cm³/mol. The van der Waals surface area contributed by atoms with E-state index in [-0.39, 0.29) is 23.7 Å². The number of ether oxygens (including phenoxy) is 4. The van der Waals surface area contributed by atoms with Crippen molar-refractivity contribution >= 4 is 22.9 Å². The van der Waals surface area contributed by atoms with Crippen molar-refractivity contribution in [2.24, 2.45) is 0 Å². The topological polar surface area (TPSA) is 101 Å². The highest BCUT2D eigenvalue weighted by atomic mass is 16.5. The second-order valence-corrected chi connectivity index (χ2v) is 9.49. The molecular weight excluding hydrogens is 490 g/mol. The Morgan fingerprint density at radius 2 is 1.50 bits per heavy atom. The molecule has 2 aromatic carbocycles. The van der Waals surface area contributed by atoms with Gasteiger partial charge in [-0.2, -0.15) is 0 Å². The predicted octanol–water partition coefficient (Wildman–Crippen LogP) is 3.82. The van der Waals surface area contributed by atoms with Crippen LogP contribution in [-0.4, -0.2) is 66.4 Å². The third kappa shape index (κ3) is 5.00. The van der Waals surface area contributed by atoms with Crippen molar-refractivity contribution in [2.45, 2.75) is 51.8 Å². The van der Waals surface area contributed by atoms with Crippen LogP contribution in [0.3, 0.4) is 0 Å². The lowest BCUT2D eigenvalue weighted by Gasteiger charge is -2.39. The third-order valence-corrected chi connectivity index (χ3v) is 7.28. The van der Waals surface area contributed by atoms with Crippen LogP contribution in [0.1, 0.15) is 56.1 Å². The van der Waals surface area contributed by atoms with E-state index >= 15 is 0 Å². The van der Waals surface area contributed by atoms with Crippen LogP contribution in [-0.2, 0) is 9.53 Å². The van der Waals surface area contributed by atoms with Gasteiger partial charge in [0.1, 0.15) is 6.10 Å². The first-order valence-corrected chi connectivity index (χ1v) is 12.7. The maximum Gasteiger partial charge on any atom is 0.336 e. The zero-order chi connectivity index (χ0) is 27.6. The van der Waals surface area contributed by atoms with E-state index in [1.807, 2.05) is 25.1 Å². The number of hydrogen-bond donors (Lipinski definition) is 0. The summed E-state index contributed by atoms with van der Waals surface area (Å²) >= 11 is 0. The van der Waals surface area contributed by atoms with Gasteiger partial charge in [-0.05, 0) is 44.0 Å². The number of esters is 1. The first-order valence-electron chi connectivity index (χ1n) is 12.7. The Morgan fingerprint density at radius 1 is 0.921 bits per heavy atom. The van der Waals surface area contributed by atoms with Crippen LogP contribution in [0.4, 0.5) is 0 Å². The molecule has 38 heavy (non-hydrogen) atoms. The Morgan fingerprint density at radius 3 is 2.00 bits per heavy atom. The van der Waals surface area contributed by atoms with Crippen molar-refractivity contribution in [1.82, 2.24) is 14.0 Å². The van der Waals surface area contributed by atoms with Crippen LogP contribution in [0.25, 0.3) is 11.0 Å². The van der Waals surface area contributed by atoms with E-state index < -0.39 is 12.1 Å². The van der Waals surface area contributed by atoms with Gasteiger partial charge < -0.3 is 18.9 Å². The number of benzene rings is 2. The fourth-order valence-corrected chi connectivity index (χ4v) is 5.46. The van der Waals surface area contributed by atoms with Crippen LogP contribution in [0.2, 0.25) is 0 Å². The molecule has 10 heteroatoms. The number of carbonyl (C=O) groups excluding carboxylic acids is 2. The van der Waals surface area contributed by atoms with Crippen molar-refractivity contribution in [2.75, 3.05) is 34.4 Å². The Bertz CT molecular complexity index is 1360. The number of nitrogens with zero attached hydrogens (tertiary/aromatic N) is 3. The fourth-order valence-electron chi connectivity index (χ4n) is 5.46.